The monoisotopic (exact) mass is 436 g/mol. The summed E-state index contributed by atoms with van der Waals surface area (Å²) in [6.45, 7) is 8.59. The van der Waals surface area contributed by atoms with Gasteiger partial charge in [0.1, 0.15) is 5.82 Å². The molecule has 0 radical (unpaired) electrons. The van der Waals surface area contributed by atoms with Crippen molar-refractivity contribution >= 4 is 17.7 Å². The number of nitrogens with one attached hydrogen (secondary N) is 2. The largest absolute Gasteiger partial charge is 0.357 e. The number of hydrogen-bond donors (Lipinski definition) is 2. The van der Waals surface area contributed by atoms with Crippen molar-refractivity contribution in [2.45, 2.75) is 39.2 Å². The third-order valence-corrected chi connectivity index (χ3v) is 5.64. The number of aliphatic imine (C=N–C) groups is 1. The van der Waals surface area contributed by atoms with E-state index in [1.807, 2.05) is 35.4 Å². The number of amides is 1. The zero-order valence-electron chi connectivity index (χ0n) is 19.3. The van der Waals surface area contributed by atoms with E-state index in [4.69, 9.17) is 0 Å². The van der Waals surface area contributed by atoms with E-state index in [0.29, 0.717) is 19.0 Å². The summed E-state index contributed by atoms with van der Waals surface area (Å²) < 4.78 is 0. The smallest absolute Gasteiger partial charge is 0.224 e. The van der Waals surface area contributed by atoms with Crippen LogP contribution in [0.2, 0.25) is 0 Å². The standard InChI is InChI=1S/C25H36N6O/c1-3-26-25(29-21(2)12-13-22-9-5-4-6-10-22)28-16-14-24(32)31-19-17-30(18-20-31)23-11-7-8-15-27-23/h4-11,15,21H,3,12-14,16-20H2,1-2H3,(H2,26,28,29). The van der Waals surface area contributed by atoms with Crippen LogP contribution >= 0.6 is 0 Å². The van der Waals surface area contributed by atoms with Crippen LogP contribution in [0.4, 0.5) is 5.82 Å². The molecule has 0 aliphatic carbocycles. The molecule has 0 saturated carbocycles. The average Bonchev–Trinajstić information content (AvgIpc) is 2.84. The normalized spacial score (nSPS) is 15.4. The van der Waals surface area contributed by atoms with E-state index >= 15 is 0 Å². The molecule has 1 unspecified atom stereocenters. The Bertz CT molecular complexity index is 834. The molecule has 1 fully saturated rings. The van der Waals surface area contributed by atoms with Crippen LogP contribution in [0, 0.1) is 0 Å². The molecule has 1 amide bonds. The van der Waals surface area contributed by atoms with Crippen molar-refractivity contribution in [3.8, 4) is 0 Å². The fourth-order valence-corrected chi connectivity index (χ4v) is 3.80. The van der Waals surface area contributed by atoms with Gasteiger partial charge in [0.2, 0.25) is 5.91 Å². The Morgan fingerprint density at radius 3 is 2.53 bits per heavy atom. The van der Waals surface area contributed by atoms with Crippen LogP contribution < -0.4 is 15.5 Å². The minimum atomic E-state index is 0.169. The number of piperazine rings is 1. The first-order valence-corrected chi connectivity index (χ1v) is 11.7. The predicted octanol–water partition coefficient (Wildman–Crippen LogP) is 2.70. The Morgan fingerprint density at radius 2 is 1.84 bits per heavy atom. The SMILES string of the molecule is CCNC(=NCCC(=O)N1CCN(c2ccccn2)CC1)NC(C)CCc1ccccc1. The lowest BCUT2D eigenvalue weighted by atomic mass is 10.1. The summed E-state index contributed by atoms with van der Waals surface area (Å²) in [5.41, 5.74) is 1.34. The molecular formula is C25H36N6O. The molecule has 0 bridgehead atoms. The fourth-order valence-electron chi connectivity index (χ4n) is 3.80. The van der Waals surface area contributed by atoms with Gasteiger partial charge in [0, 0.05) is 51.4 Å². The zero-order chi connectivity index (χ0) is 22.6. The molecule has 3 rings (SSSR count). The maximum absolute atomic E-state index is 12.6. The van der Waals surface area contributed by atoms with Gasteiger partial charge in [-0.1, -0.05) is 36.4 Å². The Balaban J connectivity index is 1.40. The second-order valence-corrected chi connectivity index (χ2v) is 8.14. The number of carbonyl (C=O) groups is 1. The molecule has 2 N–H and O–H groups in total. The number of carbonyl (C=O) groups excluding carboxylic acids is 1. The molecule has 32 heavy (non-hydrogen) atoms. The van der Waals surface area contributed by atoms with Crippen molar-refractivity contribution in [3.63, 3.8) is 0 Å². The number of guanidine groups is 1. The predicted molar refractivity (Wildman–Crippen MR) is 131 cm³/mol. The molecule has 1 aromatic heterocycles. The zero-order valence-corrected chi connectivity index (χ0v) is 19.3. The summed E-state index contributed by atoms with van der Waals surface area (Å²) in [5, 5.41) is 6.76. The van der Waals surface area contributed by atoms with E-state index in [1.165, 1.54) is 5.56 Å². The van der Waals surface area contributed by atoms with Crippen LogP contribution in [0.1, 0.15) is 32.3 Å². The van der Waals surface area contributed by atoms with Crippen LogP contribution in [0.5, 0.6) is 0 Å². The summed E-state index contributed by atoms with van der Waals surface area (Å²) in [4.78, 5) is 25.9. The van der Waals surface area contributed by atoms with Gasteiger partial charge in [-0.25, -0.2) is 4.98 Å². The van der Waals surface area contributed by atoms with E-state index in [0.717, 1.165) is 57.3 Å². The van der Waals surface area contributed by atoms with Gasteiger partial charge in [0.25, 0.3) is 0 Å². The van der Waals surface area contributed by atoms with Crippen molar-refractivity contribution in [2.24, 2.45) is 4.99 Å². The summed E-state index contributed by atoms with van der Waals surface area (Å²) in [6, 6.07) is 16.7. The molecule has 1 atom stereocenters. The maximum atomic E-state index is 12.6. The number of hydrogen-bond acceptors (Lipinski definition) is 4. The Hall–Kier alpha value is -3.09. The number of rotatable bonds is 9. The third-order valence-electron chi connectivity index (χ3n) is 5.64. The van der Waals surface area contributed by atoms with Crippen molar-refractivity contribution in [2.75, 3.05) is 44.2 Å². The molecule has 1 aliphatic rings. The molecule has 0 spiro atoms. The van der Waals surface area contributed by atoms with E-state index < -0.39 is 0 Å². The molecule has 7 nitrogen and oxygen atoms in total. The van der Waals surface area contributed by atoms with E-state index in [9.17, 15) is 4.79 Å². The minimum Gasteiger partial charge on any atom is -0.357 e. The molecule has 2 heterocycles. The molecule has 1 aliphatic heterocycles. The molecule has 1 saturated heterocycles. The number of aryl methyl sites for hydroxylation is 1. The van der Waals surface area contributed by atoms with Gasteiger partial charge in [-0.05, 0) is 44.4 Å². The Kier molecular flexibility index (Phi) is 9.35. The van der Waals surface area contributed by atoms with Gasteiger partial charge in [-0.15, -0.1) is 0 Å². The highest BCUT2D eigenvalue weighted by Gasteiger charge is 2.21. The lowest BCUT2D eigenvalue weighted by Crippen LogP contribution is -2.49. The van der Waals surface area contributed by atoms with E-state index in [-0.39, 0.29) is 5.91 Å². The van der Waals surface area contributed by atoms with E-state index in [1.54, 1.807) is 0 Å². The second-order valence-electron chi connectivity index (χ2n) is 8.14. The van der Waals surface area contributed by atoms with Gasteiger partial charge < -0.3 is 20.4 Å². The number of benzene rings is 1. The summed E-state index contributed by atoms with van der Waals surface area (Å²) in [6.07, 6.45) is 4.28. The minimum absolute atomic E-state index is 0.169. The van der Waals surface area contributed by atoms with Crippen molar-refractivity contribution < 1.29 is 4.79 Å². The van der Waals surface area contributed by atoms with Gasteiger partial charge in [-0.3, -0.25) is 9.79 Å². The lowest BCUT2D eigenvalue weighted by molar-refractivity contribution is -0.131. The number of anilines is 1. The van der Waals surface area contributed by atoms with Crippen LogP contribution in [-0.2, 0) is 11.2 Å². The maximum Gasteiger partial charge on any atom is 0.224 e. The molecule has 2 aromatic rings. The molecular weight excluding hydrogens is 400 g/mol. The summed E-state index contributed by atoms with van der Waals surface area (Å²) in [7, 11) is 0. The van der Waals surface area contributed by atoms with Crippen LogP contribution in [0.25, 0.3) is 0 Å². The highest BCUT2D eigenvalue weighted by Crippen LogP contribution is 2.13. The van der Waals surface area contributed by atoms with Crippen LogP contribution in [-0.4, -0.2) is 67.1 Å². The summed E-state index contributed by atoms with van der Waals surface area (Å²) >= 11 is 0. The first-order valence-electron chi connectivity index (χ1n) is 11.7. The first-order chi connectivity index (χ1) is 15.7. The van der Waals surface area contributed by atoms with Gasteiger partial charge in [-0.2, -0.15) is 0 Å². The quantitative estimate of drug-likeness (QED) is 0.467. The third kappa shape index (κ3) is 7.55. The molecule has 7 heteroatoms. The molecule has 1 aromatic carbocycles. The van der Waals surface area contributed by atoms with Crippen LogP contribution in [0.15, 0.2) is 59.7 Å². The number of nitrogens with zero attached hydrogens (tertiary/aromatic N) is 4. The lowest BCUT2D eigenvalue weighted by Gasteiger charge is -2.35. The fraction of sp³-hybridized carbons (Fsp3) is 0.480. The van der Waals surface area contributed by atoms with Crippen molar-refractivity contribution in [1.82, 2.24) is 20.5 Å². The van der Waals surface area contributed by atoms with Gasteiger partial charge in [0.05, 0.1) is 6.54 Å². The highest BCUT2D eigenvalue weighted by atomic mass is 16.2. The highest BCUT2D eigenvalue weighted by molar-refractivity contribution is 5.81. The molecule has 172 valence electrons. The van der Waals surface area contributed by atoms with E-state index in [2.05, 4.69) is 63.6 Å². The topological polar surface area (TPSA) is 72.9 Å². The number of aromatic nitrogens is 1. The average molecular weight is 437 g/mol. The Labute approximate surface area is 191 Å². The Morgan fingerprint density at radius 1 is 1.09 bits per heavy atom. The number of pyridine rings is 1. The van der Waals surface area contributed by atoms with Crippen molar-refractivity contribution in [1.29, 1.82) is 0 Å². The van der Waals surface area contributed by atoms with Gasteiger partial charge in [0.15, 0.2) is 5.96 Å². The first kappa shape index (κ1) is 23.6. The van der Waals surface area contributed by atoms with Crippen molar-refractivity contribution in [3.05, 3.63) is 60.3 Å². The van der Waals surface area contributed by atoms with Gasteiger partial charge >= 0.3 is 0 Å². The summed E-state index contributed by atoms with van der Waals surface area (Å²) in [5.74, 6) is 1.93. The van der Waals surface area contributed by atoms with Crippen LogP contribution in [0.3, 0.4) is 0 Å². The second kappa shape index (κ2) is 12.7.